The van der Waals surface area contributed by atoms with Gasteiger partial charge in [0.25, 0.3) is 0 Å². The van der Waals surface area contributed by atoms with Crippen LogP contribution in [0.25, 0.3) is 0 Å². The van der Waals surface area contributed by atoms with E-state index in [2.05, 4.69) is 0 Å². The summed E-state index contributed by atoms with van der Waals surface area (Å²) in [4.78, 5) is 33.1. The second-order valence-electron chi connectivity index (χ2n) is 0.524. The third kappa shape index (κ3) is 53.6. The van der Waals surface area contributed by atoms with Gasteiger partial charge in [-0.3, -0.25) is 0 Å². The van der Waals surface area contributed by atoms with Gasteiger partial charge in [0.05, 0.1) is 0 Å². The fraction of sp³-hybridized carbons (Fsp3) is 0. The summed E-state index contributed by atoms with van der Waals surface area (Å²) < 4.78 is 0. The summed E-state index contributed by atoms with van der Waals surface area (Å²) in [6.07, 6.45) is 0. The molecule has 0 unspecified atom stereocenters. The molecule has 0 spiro atoms. The molecule has 1 radical (unpaired) electrons. The maximum Gasteiger partial charge on any atom is 3.00 e. The van der Waals surface area contributed by atoms with Crippen molar-refractivity contribution in [2.75, 3.05) is 0 Å². The molecule has 0 fully saturated rings. The average Bonchev–Trinajstić information content (AvgIpc) is 0.722. The SMILES string of the molecule is [O-][Si]([O-])([O-])O.[Sm+3]. The Labute approximate surface area is 68.0 Å². The van der Waals surface area contributed by atoms with Crippen molar-refractivity contribution >= 4 is 9.05 Å². The van der Waals surface area contributed by atoms with E-state index in [-0.39, 0.29) is 40.4 Å². The molecule has 0 amide bonds. The molecule has 0 heterocycles. The van der Waals surface area contributed by atoms with Crippen molar-refractivity contribution < 1.29 is 59.6 Å². The molecule has 0 aliphatic heterocycles. The summed E-state index contributed by atoms with van der Waals surface area (Å²) in [5.74, 6) is 0. The molecule has 0 aromatic carbocycles. The Hall–Kier alpha value is 1.39. The van der Waals surface area contributed by atoms with E-state index < -0.39 is 9.05 Å². The van der Waals surface area contributed by atoms with Crippen LogP contribution in [0.4, 0.5) is 0 Å². The van der Waals surface area contributed by atoms with Crippen LogP contribution in [0.1, 0.15) is 0 Å². The minimum absolute atomic E-state index is 0. The molecule has 35 valence electrons. The van der Waals surface area contributed by atoms with E-state index in [0.717, 1.165) is 0 Å². The molecule has 0 aliphatic rings. The number of rotatable bonds is 0. The van der Waals surface area contributed by atoms with Gasteiger partial charge in [-0.2, -0.15) is 0 Å². The molecule has 0 rings (SSSR count). The zero-order valence-electron chi connectivity index (χ0n) is 2.58. The van der Waals surface area contributed by atoms with Crippen molar-refractivity contribution in [2.45, 2.75) is 0 Å². The van der Waals surface area contributed by atoms with Gasteiger partial charge in [-0.25, -0.2) is 0 Å². The molecular formula is HO4SiSm. The molecular weight excluding hydrogens is 242 g/mol. The summed E-state index contributed by atoms with van der Waals surface area (Å²) in [6.45, 7) is 0. The largest absolute Gasteiger partial charge is 3.00 e. The van der Waals surface area contributed by atoms with E-state index in [4.69, 9.17) is 19.2 Å². The Kier molecular flexibility index (Phi) is 5.89. The normalized spacial score (nSPS) is 10.0. The van der Waals surface area contributed by atoms with E-state index in [9.17, 15) is 0 Å². The standard InChI is InChI=1S/HO4Si.Sm/c1-5(2,3)4;/h1H;/q-3;+3. The summed E-state index contributed by atoms with van der Waals surface area (Å²) in [5, 5.41) is 0. The fourth-order valence-electron chi connectivity index (χ4n) is 0. The monoisotopic (exact) mass is 245 g/mol. The molecule has 4 nitrogen and oxygen atoms in total. The van der Waals surface area contributed by atoms with E-state index in [1.54, 1.807) is 0 Å². The van der Waals surface area contributed by atoms with E-state index >= 15 is 0 Å². The maximum absolute atomic E-state index is 8.69. The van der Waals surface area contributed by atoms with Gasteiger partial charge in [0.15, 0.2) is 0 Å². The minimum Gasteiger partial charge on any atom is -0.861 e. The summed E-state index contributed by atoms with van der Waals surface area (Å²) in [6, 6.07) is 0. The van der Waals surface area contributed by atoms with Crippen LogP contribution in [-0.2, 0) is 0 Å². The predicted octanol–water partition coefficient (Wildman–Crippen LogP) is -4.50. The third-order valence-corrected chi connectivity index (χ3v) is 0. The van der Waals surface area contributed by atoms with Crippen LogP contribution in [0.5, 0.6) is 0 Å². The smallest absolute Gasteiger partial charge is 0.861 e. The fourth-order valence-corrected chi connectivity index (χ4v) is 0. The van der Waals surface area contributed by atoms with Gasteiger partial charge in [-0.1, -0.05) is 0 Å². The first-order valence-corrected chi connectivity index (χ1v) is 2.51. The van der Waals surface area contributed by atoms with Crippen LogP contribution in [0, 0.1) is 40.4 Å². The molecule has 0 atom stereocenters. The molecule has 0 aromatic rings. The first-order chi connectivity index (χ1) is 2.00. The van der Waals surface area contributed by atoms with Gasteiger partial charge in [-0.05, 0) is 0 Å². The second-order valence-corrected chi connectivity index (χ2v) is 1.57. The molecule has 1 N–H and O–H groups in total. The summed E-state index contributed by atoms with van der Waals surface area (Å²) in [7, 11) is -5.36. The summed E-state index contributed by atoms with van der Waals surface area (Å²) in [5.41, 5.74) is 0. The Bertz CT molecular complexity index is 23.0. The Balaban J connectivity index is 0. The van der Waals surface area contributed by atoms with Crippen molar-refractivity contribution in [2.24, 2.45) is 0 Å². The van der Waals surface area contributed by atoms with Gasteiger partial charge in [0.2, 0.25) is 0 Å². The molecule has 0 saturated carbocycles. The number of hydrogen-bond donors (Lipinski definition) is 1. The van der Waals surface area contributed by atoms with Gasteiger partial charge >= 0.3 is 40.4 Å². The zero-order chi connectivity index (χ0) is 4.50. The zero-order valence-corrected chi connectivity index (χ0v) is 6.20. The molecule has 6 heteroatoms. The van der Waals surface area contributed by atoms with E-state index in [1.807, 2.05) is 0 Å². The van der Waals surface area contributed by atoms with Crippen LogP contribution in [0.15, 0.2) is 0 Å². The van der Waals surface area contributed by atoms with Gasteiger partial charge < -0.3 is 19.2 Å². The number of hydrogen-bond acceptors (Lipinski definition) is 4. The first kappa shape index (κ1) is 10.4. The van der Waals surface area contributed by atoms with Crippen molar-refractivity contribution in [3.8, 4) is 0 Å². The van der Waals surface area contributed by atoms with Gasteiger partial charge in [0, 0.05) is 0 Å². The van der Waals surface area contributed by atoms with Crippen molar-refractivity contribution in [1.82, 2.24) is 0 Å². The summed E-state index contributed by atoms with van der Waals surface area (Å²) >= 11 is 0. The quantitative estimate of drug-likeness (QED) is 0.434. The Morgan fingerprint density at radius 2 is 1.17 bits per heavy atom. The van der Waals surface area contributed by atoms with Gasteiger partial charge in [-0.15, -0.1) is 9.05 Å². The Morgan fingerprint density at radius 3 is 1.17 bits per heavy atom. The van der Waals surface area contributed by atoms with Crippen LogP contribution >= 0.6 is 0 Å². The van der Waals surface area contributed by atoms with E-state index in [0.29, 0.717) is 0 Å². The molecule has 0 aromatic heterocycles. The van der Waals surface area contributed by atoms with Gasteiger partial charge in [0.1, 0.15) is 0 Å². The topological polar surface area (TPSA) is 89.4 Å². The van der Waals surface area contributed by atoms with Crippen molar-refractivity contribution in [3.05, 3.63) is 0 Å². The van der Waals surface area contributed by atoms with Crippen LogP contribution < -0.4 is 14.4 Å². The second kappa shape index (κ2) is 3.40. The minimum atomic E-state index is -5.36. The van der Waals surface area contributed by atoms with Crippen molar-refractivity contribution in [1.29, 1.82) is 0 Å². The molecule has 0 bridgehead atoms. The maximum atomic E-state index is 8.69. The van der Waals surface area contributed by atoms with Crippen molar-refractivity contribution in [3.63, 3.8) is 0 Å². The Morgan fingerprint density at radius 1 is 1.17 bits per heavy atom. The molecule has 0 aliphatic carbocycles. The van der Waals surface area contributed by atoms with Crippen LogP contribution in [-0.4, -0.2) is 13.8 Å². The molecule has 6 heavy (non-hydrogen) atoms. The first-order valence-electron chi connectivity index (χ1n) is 0.836. The third-order valence-electron chi connectivity index (χ3n) is 0. The molecule has 0 saturated heterocycles. The van der Waals surface area contributed by atoms with Crippen LogP contribution in [0.3, 0.4) is 0 Å². The predicted molar refractivity (Wildman–Crippen MR) is 7.97 cm³/mol. The van der Waals surface area contributed by atoms with Crippen LogP contribution in [0.2, 0.25) is 0 Å². The van der Waals surface area contributed by atoms with E-state index in [1.165, 1.54) is 0 Å². The average molecular weight is 243 g/mol.